The molecule has 1 N–H and O–H groups in total. The van der Waals surface area contributed by atoms with Gasteiger partial charge in [0, 0.05) is 6.07 Å². The number of aromatic carboxylic acids is 1. The lowest BCUT2D eigenvalue weighted by Crippen LogP contribution is -2.03. The molecule has 1 unspecified atom stereocenters. The predicted octanol–water partition coefficient (Wildman–Crippen LogP) is 3.48. The molecule has 2 aromatic rings. The third kappa shape index (κ3) is 3.12. The standard InChI is InChI=1S/C15H16N2O3/c1-3-10(2)11-6-4-5-7-13(11)20-14-9-8-12(15(18)19)16-17-14/h4-10H,3H2,1-2H3,(H,18,19). The molecule has 0 saturated heterocycles. The number of carboxylic acid groups (broad SMARTS) is 1. The van der Waals surface area contributed by atoms with Crippen molar-refractivity contribution in [1.29, 1.82) is 0 Å². The average molecular weight is 272 g/mol. The van der Waals surface area contributed by atoms with Crippen molar-refractivity contribution < 1.29 is 14.6 Å². The van der Waals surface area contributed by atoms with Crippen LogP contribution in [0.4, 0.5) is 0 Å². The van der Waals surface area contributed by atoms with E-state index in [-0.39, 0.29) is 11.6 Å². The van der Waals surface area contributed by atoms with Crippen LogP contribution in [0.2, 0.25) is 0 Å². The van der Waals surface area contributed by atoms with Crippen LogP contribution in [0.3, 0.4) is 0 Å². The first kappa shape index (κ1) is 14.0. The summed E-state index contributed by atoms with van der Waals surface area (Å²) in [6.07, 6.45) is 1.00. The average Bonchev–Trinajstić information content (AvgIpc) is 2.47. The Balaban J connectivity index is 2.23. The van der Waals surface area contributed by atoms with Crippen LogP contribution in [0.15, 0.2) is 36.4 Å². The minimum Gasteiger partial charge on any atom is -0.476 e. The van der Waals surface area contributed by atoms with Crippen molar-refractivity contribution >= 4 is 5.97 Å². The summed E-state index contributed by atoms with van der Waals surface area (Å²) in [5.74, 6) is 0.270. The van der Waals surface area contributed by atoms with Gasteiger partial charge in [0.25, 0.3) is 0 Å². The molecular formula is C15H16N2O3. The maximum atomic E-state index is 10.7. The Morgan fingerprint density at radius 1 is 1.25 bits per heavy atom. The van der Waals surface area contributed by atoms with Gasteiger partial charge in [-0.25, -0.2) is 4.79 Å². The van der Waals surface area contributed by atoms with Crippen LogP contribution >= 0.6 is 0 Å². The van der Waals surface area contributed by atoms with Crippen LogP contribution in [0.5, 0.6) is 11.6 Å². The number of para-hydroxylation sites is 1. The number of benzene rings is 1. The van der Waals surface area contributed by atoms with Crippen LogP contribution in [0.1, 0.15) is 42.2 Å². The number of ether oxygens (including phenoxy) is 1. The Kier molecular flexibility index (Phi) is 4.30. The molecular weight excluding hydrogens is 256 g/mol. The van der Waals surface area contributed by atoms with Crippen molar-refractivity contribution in [3.63, 3.8) is 0 Å². The van der Waals surface area contributed by atoms with Gasteiger partial charge in [0.2, 0.25) is 5.88 Å². The minimum absolute atomic E-state index is 0.104. The Hall–Kier alpha value is -2.43. The minimum atomic E-state index is -1.11. The zero-order valence-electron chi connectivity index (χ0n) is 11.4. The summed E-state index contributed by atoms with van der Waals surface area (Å²) in [5, 5.41) is 16.1. The van der Waals surface area contributed by atoms with Gasteiger partial charge in [-0.3, -0.25) is 0 Å². The van der Waals surface area contributed by atoms with E-state index in [4.69, 9.17) is 9.84 Å². The highest BCUT2D eigenvalue weighted by atomic mass is 16.5. The smallest absolute Gasteiger partial charge is 0.356 e. The molecule has 5 heteroatoms. The van der Waals surface area contributed by atoms with E-state index in [0.717, 1.165) is 17.7 Å². The van der Waals surface area contributed by atoms with Crippen LogP contribution in [-0.4, -0.2) is 21.3 Å². The van der Waals surface area contributed by atoms with E-state index >= 15 is 0 Å². The fraction of sp³-hybridized carbons (Fsp3) is 0.267. The molecule has 0 aliphatic rings. The number of hydrogen-bond donors (Lipinski definition) is 1. The summed E-state index contributed by atoms with van der Waals surface area (Å²) in [6.45, 7) is 4.24. The van der Waals surface area contributed by atoms with Gasteiger partial charge in [-0.05, 0) is 30.0 Å². The third-order valence-electron chi connectivity index (χ3n) is 3.14. The number of hydrogen-bond acceptors (Lipinski definition) is 4. The number of carboxylic acids is 1. The zero-order chi connectivity index (χ0) is 14.5. The molecule has 1 heterocycles. The van der Waals surface area contributed by atoms with Gasteiger partial charge in [-0.15, -0.1) is 10.2 Å². The highest BCUT2D eigenvalue weighted by Gasteiger charge is 2.11. The first-order valence-electron chi connectivity index (χ1n) is 6.45. The lowest BCUT2D eigenvalue weighted by Gasteiger charge is -2.14. The molecule has 104 valence electrons. The van der Waals surface area contributed by atoms with Gasteiger partial charge in [-0.2, -0.15) is 0 Å². The molecule has 0 bridgehead atoms. The summed E-state index contributed by atoms with van der Waals surface area (Å²) < 4.78 is 5.70. The molecule has 20 heavy (non-hydrogen) atoms. The summed E-state index contributed by atoms with van der Waals surface area (Å²) in [4.78, 5) is 10.7. The van der Waals surface area contributed by atoms with Gasteiger partial charge in [0.1, 0.15) is 5.75 Å². The Morgan fingerprint density at radius 2 is 2.00 bits per heavy atom. The molecule has 0 aliphatic carbocycles. The number of rotatable bonds is 5. The molecule has 0 saturated carbocycles. The van der Waals surface area contributed by atoms with Gasteiger partial charge < -0.3 is 9.84 Å². The lowest BCUT2D eigenvalue weighted by atomic mass is 9.98. The van der Waals surface area contributed by atoms with Gasteiger partial charge in [0.15, 0.2) is 5.69 Å². The maximum Gasteiger partial charge on any atom is 0.356 e. The number of nitrogens with zero attached hydrogens (tertiary/aromatic N) is 2. The molecule has 0 aliphatic heterocycles. The van der Waals surface area contributed by atoms with E-state index < -0.39 is 5.97 Å². The first-order valence-corrected chi connectivity index (χ1v) is 6.45. The van der Waals surface area contributed by atoms with E-state index in [1.807, 2.05) is 24.3 Å². The van der Waals surface area contributed by atoms with E-state index in [9.17, 15) is 4.79 Å². The summed E-state index contributed by atoms with van der Waals surface area (Å²) in [6, 6.07) is 10.6. The predicted molar refractivity (Wildman–Crippen MR) is 74.2 cm³/mol. The number of carbonyl (C=O) groups is 1. The second-order valence-electron chi connectivity index (χ2n) is 4.51. The van der Waals surface area contributed by atoms with Crippen molar-refractivity contribution in [3.05, 3.63) is 47.7 Å². The van der Waals surface area contributed by atoms with Crippen LogP contribution in [-0.2, 0) is 0 Å². The van der Waals surface area contributed by atoms with Gasteiger partial charge >= 0.3 is 5.97 Å². The topological polar surface area (TPSA) is 72.3 Å². The second kappa shape index (κ2) is 6.14. The van der Waals surface area contributed by atoms with Gasteiger partial charge in [0.05, 0.1) is 0 Å². The van der Waals surface area contributed by atoms with Gasteiger partial charge in [-0.1, -0.05) is 32.0 Å². The lowest BCUT2D eigenvalue weighted by molar-refractivity contribution is 0.0689. The number of aromatic nitrogens is 2. The Morgan fingerprint density at radius 3 is 2.60 bits per heavy atom. The molecule has 1 aromatic carbocycles. The summed E-state index contributed by atoms with van der Waals surface area (Å²) in [7, 11) is 0. The van der Waals surface area contributed by atoms with Crippen molar-refractivity contribution in [3.8, 4) is 11.6 Å². The summed E-state index contributed by atoms with van der Waals surface area (Å²) >= 11 is 0. The first-order chi connectivity index (χ1) is 9.61. The molecule has 0 amide bonds. The molecule has 0 fully saturated rings. The van der Waals surface area contributed by atoms with Crippen LogP contribution in [0, 0.1) is 0 Å². The fourth-order valence-corrected chi connectivity index (χ4v) is 1.80. The highest BCUT2D eigenvalue weighted by molar-refractivity contribution is 5.84. The second-order valence-corrected chi connectivity index (χ2v) is 4.51. The normalized spacial score (nSPS) is 11.9. The maximum absolute atomic E-state index is 10.7. The zero-order valence-corrected chi connectivity index (χ0v) is 11.4. The van der Waals surface area contributed by atoms with Crippen molar-refractivity contribution in [2.45, 2.75) is 26.2 Å². The van der Waals surface area contributed by atoms with Crippen molar-refractivity contribution in [2.75, 3.05) is 0 Å². The van der Waals surface area contributed by atoms with Crippen LogP contribution in [0.25, 0.3) is 0 Å². The Bertz CT molecular complexity index is 596. The Labute approximate surface area is 117 Å². The molecule has 1 atom stereocenters. The third-order valence-corrected chi connectivity index (χ3v) is 3.14. The molecule has 1 aromatic heterocycles. The van der Waals surface area contributed by atoms with E-state index in [2.05, 4.69) is 24.0 Å². The monoisotopic (exact) mass is 272 g/mol. The fourth-order valence-electron chi connectivity index (χ4n) is 1.80. The largest absolute Gasteiger partial charge is 0.476 e. The molecule has 0 radical (unpaired) electrons. The molecule has 2 rings (SSSR count). The van der Waals surface area contributed by atoms with E-state index in [1.165, 1.54) is 12.1 Å². The highest BCUT2D eigenvalue weighted by Crippen LogP contribution is 2.31. The van der Waals surface area contributed by atoms with Crippen molar-refractivity contribution in [1.82, 2.24) is 10.2 Å². The summed E-state index contributed by atoms with van der Waals surface area (Å²) in [5.41, 5.74) is 0.992. The molecule has 0 spiro atoms. The SMILES string of the molecule is CCC(C)c1ccccc1Oc1ccc(C(=O)O)nn1. The quantitative estimate of drug-likeness (QED) is 0.902. The van der Waals surface area contributed by atoms with E-state index in [1.54, 1.807) is 0 Å². The van der Waals surface area contributed by atoms with Crippen LogP contribution < -0.4 is 4.74 Å². The molecule has 5 nitrogen and oxygen atoms in total. The van der Waals surface area contributed by atoms with Crippen molar-refractivity contribution in [2.24, 2.45) is 0 Å². The van der Waals surface area contributed by atoms with E-state index in [0.29, 0.717) is 5.92 Å².